The third-order valence-electron chi connectivity index (χ3n) is 4.53. The lowest BCUT2D eigenvalue weighted by Crippen LogP contribution is -2.46. The Morgan fingerprint density at radius 3 is 2.38 bits per heavy atom. The molecule has 0 amide bonds. The zero-order valence-corrected chi connectivity index (χ0v) is 17.1. The predicted molar refractivity (Wildman–Crippen MR) is 104 cm³/mol. The second-order valence-corrected chi connectivity index (χ2v) is 9.88. The molecule has 0 bridgehead atoms. The number of aliphatic imine (C=N–C) groups is 1. The van der Waals surface area contributed by atoms with Gasteiger partial charge in [0.25, 0.3) is 0 Å². The number of nitrogens with zero attached hydrogens (tertiary/aromatic N) is 3. The summed E-state index contributed by atoms with van der Waals surface area (Å²) in [5, 5.41) is 7.90. The first-order valence-electron chi connectivity index (χ1n) is 9.28. The summed E-state index contributed by atoms with van der Waals surface area (Å²) in [6.45, 7) is 14.3. The summed E-state index contributed by atoms with van der Waals surface area (Å²) in [5.74, 6) is 1.73. The second-order valence-electron chi connectivity index (χ2n) is 9.13. The first-order chi connectivity index (χ1) is 11.2. The minimum absolute atomic E-state index is 0.0138. The molecule has 5 heteroatoms. The van der Waals surface area contributed by atoms with Crippen molar-refractivity contribution < 1.29 is 0 Å². The second kappa shape index (κ2) is 7.94. The maximum atomic E-state index is 5.00. The fourth-order valence-corrected chi connectivity index (χ4v) is 4.52. The van der Waals surface area contributed by atoms with Crippen molar-refractivity contribution in [1.82, 2.24) is 14.9 Å². The molecule has 0 aromatic carbocycles. The molecule has 136 valence electrons. The van der Waals surface area contributed by atoms with Crippen LogP contribution in [-0.4, -0.2) is 27.5 Å². The number of nitrogens with one attached hydrogen (secondary N) is 1. The van der Waals surface area contributed by atoms with E-state index in [0.717, 1.165) is 35.3 Å². The lowest BCUT2D eigenvalue weighted by atomic mass is 9.81. The molecule has 0 radical (unpaired) electrons. The highest BCUT2D eigenvalue weighted by Gasteiger charge is 2.28. The quantitative estimate of drug-likeness (QED) is 0.602. The fourth-order valence-electron chi connectivity index (χ4n) is 3.90. The lowest BCUT2D eigenvalue weighted by molar-refractivity contribution is 0.267. The van der Waals surface area contributed by atoms with E-state index in [9.17, 15) is 0 Å². The third-order valence-corrected chi connectivity index (χ3v) is 5.36. The average molecular weight is 351 g/mol. The van der Waals surface area contributed by atoms with E-state index in [1.54, 1.807) is 0 Å². The van der Waals surface area contributed by atoms with Crippen molar-refractivity contribution >= 4 is 17.4 Å². The third kappa shape index (κ3) is 6.15. The van der Waals surface area contributed by atoms with Gasteiger partial charge in [-0.2, -0.15) is 0 Å². The van der Waals surface area contributed by atoms with Crippen LogP contribution in [0.25, 0.3) is 0 Å². The normalized spacial score (nSPS) is 18.0. The van der Waals surface area contributed by atoms with Crippen LogP contribution in [0.5, 0.6) is 0 Å². The van der Waals surface area contributed by atoms with Gasteiger partial charge in [-0.3, -0.25) is 4.99 Å². The van der Waals surface area contributed by atoms with Gasteiger partial charge in [-0.05, 0) is 62.9 Å². The number of aryl methyl sites for hydroxylation is 1. The van der Waals surface area contributed by atoms with Crippen molar-refractivity contribution in [3.05, 3.63) is 10.6 Å². The monoisotopic (exact) mass is 350 g/mol. The van der Waals surface area contributed by atoms with Gasteiger partial charge < -0.3 is 5.32 Å². The highest BCUT2D eigenvalue weighted by molar-refractivity contribution is 7.08. The van der Waals surface area contributed by atoms with Gasteiger partial charge >= 0.3 is 0 Å². The molecule has 0 aliphatic heterocycles. The summed E-state index contributed by atoms with van der Waals surface area (Å²) in [4.78, 5) is 6.09. The molecule has 1 aromatic rings. The molecule has 1 fully saturated rings. The van der Waals surface area contributed by atoms with Crippen LogP contribution in [0, 0.1) is 18.3 Å². The van der Waals surface area contributed by atoms with Crippen LogP contribution < -0.4 is 5.32 Å². The van der Waals surface area contributed by atoms with E-state index in [0.29, 0.717) is 0 Å². The highest BCUT2D eigenvalue weighted by atomic mass is 32.1. The topological polar surface area (TPSA) is 50.2 Å². The summed E-state index contributed by atoms with van der Waals surface area (Å²) < 4.78 is 4.11. The Morgan fingerprint density at radius 1 is 1.17 bits per heavy atom. The van der Waals surface area contributed by atoms with E-state index in [2.05, 4.69) is 49.5 Å². The summed E-state index contributed by atoms with van der Waals surface area (Å²) in [5.41, 5.74) is 1.23. The van der Waals surface area contributed by atoms with Crippen molar-refractivity contribution in [3.8, 4) is 0 Å². The van der Waals surface area contributed by atoms with Crippen molar-refractivity contribution in [2.75, 3.05) is 6.54 Å². The molecule has 24 heavy (non-hydrogen) atoms. The van der Waals surface area contributed by atoms with Gasteiger partial charge in [-0.25, -0.2) is 0 Å². The van der Waals surface area contributed by atoms with E-state index in [1.807, 2.05) is 6.92 Å². The predicted octanol–water partition coefficient (Wildman–Crippen LogP) is 4.98. The molecular weight excluding hydrogens is 316 g/mol. The van der Waals surface area contributed by atoms with Crippen molar-refractivity contribution in [1.29, 1.82) is 0 Å². The van der Waals surface area contributed by atoms with Crippen molar-refractivity contribution in [2.45, 2.75) is 85.6 Å². The van der Waals surface area contributed by atoms with Gasteiger partial charge in [-0.15, -0.1) is 5.10 Å². The van der Waals surface area contributed by atoms with Crippen LogP contribution in [0.2, 0.25) is 0 Å². The molecule has 2 rings (SSSR count). The zero-order chi connectivity index (χ0) is 17.8. The maximum Gasteiger partial charge on any atom is 0.142 e. The molecule has 4 nitrogen and oxygen atoms in total. The molecule has 0 atom stereocenters. The van der Waals surface area contributed by atoms with Crippen LogP contribution >= 0.6 is 11.5 Å². The Hall–Kier alpha value is -0.970. The Kier molecular flexibility index (Phi) is 6.40. The van der Waals surface area contributed by atoms with Crippen LogP contribution in [0.15, 0.2) is 4.99 Å². The summed E-state index contributed by atoms with van der Waals surface area (Å²) in [6, 6.07) is 0. The van der Waals surface area contributed by atoms with Gasteiger partial charge in [0.1, 0.15) is 10.7 Å². The van der Waals surface area contributed by atoms with E-state index < -0.39 is 0 Å². The molecule has 1 aromatic heterocycles. The first-order valence-corrected chi connectivity index (χ1v) is 10.1. The maximum absolute atomic E-state index is 5.00. The van der Waals surface area contributed by atoms with E-state index >= 15 is 0 Å². The van der Waals surface area contributed by atoms with Crippen LogP contribution in [-0.2, 0) is 0 Å². The van der Waals surface area contributed by atoms with Gasteiger partial charge in [0.2, 0.25) is 0 Å². The molecule has 1 aliphatic rings. The van der Waals surface area contributed by atoms with Gasteiger partial charge in [0.15, 0.2) is 0 Å². The Bertz CT molecular complexity index is 548. The molecule has 1 heterocycles. The number of hydrogen-bond donors (Lipinski definition) is 1. The van der Waals surface area contributed by atoms with E-state index in [4.69, 9.17) is 4.99 Å². The first kappa shape index (κ1) is 19.4. The SMILES string of the molecule is Cc1nnsc1C(=NCC1CCCCC1)NC(C)(C)CC(C)(C)C. The minimum atomic E-state index is -0.0138. The van der Waals surface area contributed by atoms with Crippen molar-refractivity contribution in [2.24, 2.45) is 16.3 Å². The number of aromatic nitrogens is 2. The number of hydrogen-bond acceptors (Lipinski definition) is 4. The molecule has 0 saturated heterocycles. The Morgan fingerprint density at radius 2 is 1.83 bits per heavy atom. The smallest absolute Gasteiger partial charge is 0.142 e. The molecule has 1 aliphatic carbocycles. The van der Waals surface area contributed by atoms with Gasteiger partial charge in [0, 0.05) is 12.1 Å². The highest BCUT2D eigenvalue weighted by Crippen LogP contribution is 2.28. The summed E-state index contributed by atoms with van der Waals surface area (Å²) in [7, 11) is 0. The van der Waals surface area contributed by atoms with Crippen LogP contribution in [0.4, 0.5) is 0 Å². The summed E-state index contributed by atoms with van der Waals surface area (Å²) in [6.07, 6.45) is 7.83. The Labute approximate surface area is 151 Å². The molecule has 1 saturated carbocycles. The molecule has 0 unspecified atom stereocenters. The minimum Gasteiger partial charge on any atom is -0.364 e. The van der Waals surface area contributed by atoms with Crippen molar-refractivity contribution in [3.63, 3.8) is 0 Å². The van der Waals surface area contributed by atoms with Crippen LogP contribution in [0.1, 0.15) is 83.7 Å². The molecule has 0 spiro atoms. The largest absolute Gasteiger partial charge is 0.364 e. The average Bonchev–Trinajstić information content (AvgIpc) is 2.88. The lowest BCUT2D eigenvalue weighted by Gasteiger charge is -2.34. The van der Waals surface area contributed by atoms with E-state index in [-0.39, 0.29) is 11.0 Å². The Balaban J connectivity index is 2.15. The fraction of sp³-hybridized carbons (Fsp3) is 0.842. The molecule has 1 N–H and O–H groups in total. The zero-order valence-electron chi connectivity index (χ0n) is 16.3. The standard InChI is InChI=1S/C19H34N4S/c1-14-16(24-23-22-14)17(20-12-15-10-8-7-9-11-15)21-19(5,6)13-18(2,3)4/h15H,7-13H2,1-6H3,(H,20,21). The van der Waals surface area contributed by atoms with Gasteiger partial charge in [0.05, 0.1) is 5.69 Å². The van der Waals surface area contributed by atoms with E-state index in [1.165, 1.54) is 43.6 Å². The summed E-state index contributed by atoms with van der Waals surface area (Å²) >= 11 is 1.45. The van der Waals surface area contributed by atoms with Crippen LogP contribution in [0.3, 0.4) is 0 Å². The van der Waals surface area contributed by atoms with Gasteiger partial charge in [-0.1, -0.05) is 44.5 Å². The number of rotatable bonds is 5. The molecular formula is C19H34N4S. The number of amidine groups is 1.